The number of anilines is 1. The Morgan fingerprint density at radius 2 is 1.75 bits per heavy atom. The van der Waals surface area contributed by atoms with Crippen LogP contribution in [0.25, 0.3) is 11.1 Å². The van der Waals surface area contributed by atoms with Gasteiger partial charge < -0.3 is 34.4 Å². The maximum Gasteiger partial charge on any atom is 0.321 e. The number of aliphatic hydroxyl groups excluding tert-OH is 1. The van der Waals surface area contributed by atoms with Gasteiger partial charge in [0, 0.05) is 43.4 Å². The summed E-state index contributed by atoms with van der Waals surface area (Å²) in [5, 5.41) is 12.9. The number of benzene rings is 3. The van der Waals surface area contributed by atoms with Crippen molar-refractivity contribution in [3.63, 3.8) is 0 Å². The Balaban J connectivity index is 1.41. The van der Waals surface area contributed by atoms with Gasteiger partial charge >= 0.3 is 6.03 Å². The first-order valence-corrected chi connectivity index (χ1v) is 13.5. The maximum absolute atomic E-state index is 13.9. The van der Waals surface area contributed by atoms with Crippen LogP contribution in [-0.4, -0.2) is 72.5 Å². The largest absolute Gasteiger partial charge is 0.454 e. The molecule has 0 radical (unpaired) electrons. The molecule has 5 rings (SSSR count). The monoisotopic (exact) mass is 545 g/mol. The zero-order valence-electron chi connectivity index (χ0n) is 23.0. The van der Waals surface area contributed by atoms with Crippen molar-refractivity contribution in [2.45, 2.75) is 32.6 Å². The van der Waals surface area contributed by atoms with E-state index in [0.717, 1.165) is 16.7 Å². The quantitative estimate of drug-likeness (QED) is 0.486. The SMILES string of the molecule is C[C@@H]1CN([C@@H](C)CO)C(=O)c2ccccc2-c2ccccc2CO[C@@H]1CN(C)C(=O)Nc1ccc2c(c1)OCO2. The summed E-state index contributed by atoms with van der Waals surface area (Å²) < 4.78 is 17.3. The van der Waals surface area contributed by atoms with Crippen LogP contribution >= 0.6 is 0 Å². The van der Waals surface area contributed by atoms with Crippen LogP contribution in [0.4, 0.5) is 10.5 Å². The summed E-state index contributed by atoms with van der Waals surface area (Å²) in [5.41, 5.74) is 3.88. The molecule has 3 aromatic rings. The number of ether oxygens (including phenoxy) is 3. The van der Waals surface area contributed by atoms with E-state index in [1.54, 1.807) is 35.0 Å². The van der Waals surface area contributed by atoms with Crippen LogP contribution < -0.4 is 14.8 Å². The lowest BCUT2D eigenvalue weighted by molar-refractivity contribution is -0.0178. The number of urea groups is 1. The molecule has 0 fully saturated rings. The molecule has 9 heteroatoms. The standard InChI is InChI=1S/C31H35N3O6/c1-20-15-34(21(2)17-35)30(36)26-11-7-6-10-25(26)24-9-5-4-8-22(24)18-38-29(20)16-33(3)31(37)32-23-12-13-27-28(14-23)40-19-39-27/h4-14,20-21,29,35H,15-19H2,1-3H3,(H,32,37)/t20-,21+,29-/m1/s1. The smallest absolute Gasteiger partial charge is 0.321 e. The highest BCUT2D eigenvalue weighted by atomic mass is 16.7. The number of amides is 3. The van der Waals surface area contributed by atoms with Crippen LogP contribution in [0.5, 0.6) is 11.5 Å². The molecule has 0 unspecified atom stereocenters. The second-order valence-corrected chi connectivity index (χ2v) is 10.4. The van der Waals surface area contributed by atoms with E-state index in [0.29, 0.717) is 42.4 Å². The fraction of sp³-hybridized carbons (Fsp3) is 0.355. The van der Waals surface area contributed by atoms with Crippen molar-refractivity contribution in [3.8, 4) is 22.6 Å². The minimum atomic E-state index is -0.397. The fourth-order valence-electron chi connectivity index (χ4n) is 5.10. The van der Waals surface area contributed by atoms with Gasteiger partial charge in [0.05, 0.1) is 25.4 Å². The average molecular weight is 546 g/mol. The van der Waals surface area contributed by atoms with Gasteiger partial charge in [-0.05, 0) is 41.8 Å². The summed E-state index contributed by atoms with van der Waals surface area (Å²) >= 11 is 0. The number of rotatable bonds is 5. The normalized spacial score (nSPS) is 19.2. The number of nitrogens with zero attached hydrogens (tertiary/aromatic N) is 2. The molecule has 2 aliphatic rings. The Kier molecular flexibility index (Phi) is 8.23. The molecule has 0 saturated heterocycles. The molecule has 3 aromatic carbocycles. The van der Waals surface area contributed by atoms with Gasteiger partial charge in [-0.3, -0.25) is 4.79 Å². The number of hydrogen-bond acceptors (Lipinski definition) is 6. The molecule has 0 aromatic heterocycles. The first-order chi connectivity index (χ1) is 19.4. The molecule has 0 aliphatic carbocycles. The van der Waals surface area contributed by atoms with E-state index in [-0.39, 0.29) is 37.4 Å². The number of carbonyl (C=O) groups excluding carboxylic acids is 2. The third-order valence-electron chi connectivity index (χ3n) is 7.52. The Hall–Kier alpha value is -4.08. The molecule has 0 spiro atoms. The Morgan fingerprint density at radius 3 is 2.52 bits per heavy atom. The topological polar surface area (TPSA) is 101 Å². The van der Waals surface area contributed by atoms with Crippen molar-refractivity contribution in [2.75, 3.05) is 38.9 Å². The van der Waals surface area contributed by atoms with Gasteiger partial charge in [-0.2, -0.15) is 0 Å². The van der Waals surface area contributed by atoms with E-state index < -0.39 is 6.04 Å². The number of hydrogen-bond donors (Lipinski definition) is 2. The van der Waals surface area contributed by atoms with E-state index in [1.807, 2.05) is 62.4 Å². The van der Waals surface area contributed by atoms with Gasteiger partial charge in [0.1, 0.15) is 0 Å². The fourth-order valence-corrected chi connectivity index (χ4v) is 5.10. The number of fused-ring (bicyclic) bond motifs is 4. The molecular weight excluding hydrogens is 510 g/mol. The number of aliphatic hydroxyl groups is 1. The maximum atomic E-state index is 13.9. The molecule has 3 atom stereocenters. The molecule has 0 bridgehead atoms. The van der Waals surface area contributed by atoms with Gasteiger partial charge in [-0.25, -0.2) is 4.79 Å². The predicted molar refractivity (Wildman–Crippen MR) is 151 cm³/mol. The molecule has 3 amide bonds. The van der Waals surface area contributed by atoms with Crippen LogP contribution in [-0.2, 0) is 11.3 Å². The van der Waals surface area contributed by atoms with E-state index >= 15 is 0 Å². The van der Waals surface area contributed by atoms with Gasteiger partial charge in [0.15, 0.2) is 11.5 Å². The Bertz CT molecular complexity index is 1380. The highest BCUT2D eigenvalue weighted by molar-refractivity contribution is 6.01. The molecule has 2 heterocycles. The number of likely N-dealkylation sites (N-methyl/N-ethyl adjacent to an activating group) is 1. The van der Waals surface area contributed by atoms with E-state index in [4.69, 9.17) is 14.2 Å². The number of nitrogens with one attached hydrogen (secondary N) is 1. The minimum Gasteiger partial charge on any atom is -0.454 e. The van der Waals surface area contributed by atoms with Gasteiger partial charge in [-0.15, -0.1) is 0 Å². The van der Waals surface area contributed by atoms with Crippen LogP contribution in [0, 0.1) is 5.92 Å². The second kappa shape index (κ2) is 12.0. The summed E-state index contributed by atoms with van der Waals surface area (Å²) in [5.74, 6) is 0.942. The third kappa shape index (κ3) is 5.76. The van der Waals surface area contributed by atoms with Crippen molar-refractivity contribution in [2.24, 2.45) is 5.92 Å². The van der Waals surface area contributed by atoms with Crippen LogP contribution in [0.1, 0.15) is 29.8 Å². The van der Waals surface area contributed by atoms with Crippen molar-refractivity contribution in [1.82, 2.24) is 9.80 Å². The van der Waals surface area contributed by atoms with Crippen molar-refractivity contribution < 1.29 is 28.9 Å². The van der Waals surface area contributed by atoms with Crippen molar-refractivity contribution in [3.05, 3.63) is 77.9 Å². The molecule has 2 N–H and O–H groups in total. The van der Waals surface area contributed by atoms with Gasteiger partial charge in [0.25, 0.3) is 5.91 Å². The zero-order chi connectivity index (χ0) is 28.2. The lowest BCUT2D eigenvalue weighted by Gasteiger charge is -2.35. The molecule has 40 heavy (non-hydrogen) atoms. The highest BCUT2D eigenvalue weighted by Gasteiger charge is 2.31. The van der Waals surface area contributed by atoms with Crippen LogP contribution in [0.3, 0.4) is 0 Å². The lowest BCUT2D eigenvalue weighted by Crippen LogP contribution is -2.48. The minimum absolute atomic E-state index is 0.142. The average Bonchev–Trinajstić information content (AvgIpc) is 3.44. The summed E-state index contributed by atoms with van der Waals surface area (Å²) in [4.78, 5) is 30.3. The van der Waals surface area contributed by atoms with Crippen LogP contribution in [0.15, 0.2) is 66.7 Å². The summed E-state index contributed by atoms with van der Waals surface area (Å²) in [7, 11) is 1.71. The first-order valence-electron chi connectivity index (χ1n) is 13.5. The zero-order valence-corrected chi connectivity index (χ0v) is 23.0. The third-order valence-corrected chi connectivity index (χ3v) is 7.52. The summed E-state index contributed by atoms with van der Waals surface area (Å²) in [6, 6.07) is 20.0. The lowest BCUT2D eigenvalue weighted by atomic mass is 9.94. The van der Waals surface area contributed by atoms with E-state index in [9.17, 15) is 14.7 Å². The molecule has 2 aliphatic heterocycles. The molecule has 210 valence electrons. The van der Waals surface area contributed by atoms with Crippen LogP contribution in [0.2, 0.25) is 0 Å². The van der Waals surface area contributed by atoms with Crippen molar-refractivity contribution >= 4 is 17.6 Å². The van der Waals surface area contributed by atoms with Gasteiger partial charge in [-0.1, -0.05) is 49.4 Å². The van der Waals surface area contributed by atoms with Crippen molar-refractivity contribution in [1.29, 1.82) is 0 Å². The Morgan fingerprint density at radius 1 is 1.05 bits per heavy atom. The molecular formula is C31H35N3O6. The molecule has 9 nitrogen and oxygen atoms in total. The second-order valence-electron chi connectivity index (χ2n) is 10.4. The number of carbonyl (C=O) groups is 2. The summed E-state index contributed by atoms with van der Waals surface area (Å²) in [6.45, 7) is 4.80. The van der Waals surface area contributed by atoms with E-state index in [2.05, 4.69) is 5.32 Å². The highest BCUT2D eigenvalue weighted by Crippen LogP contribution is 2.34. The predicted octanol–water partition coefficient (Wildman–Crippen LogP) is 4.60. The Labute approximate surface area is 234 Å². The summed E-state index contributed by atoms with van der Waals surface area (Å²) in [6.07, 6.45) is -0.386. The first kappa shape index (κ1) is 27.5. The van der Waals surface area contributed by atoms with Gasteiger partial charge in [0.2, 0.25) is 6.79 Å². The van der Waals surface area contributed by atoms with E-state index in [1.165, 1.54) is 0 Å². The molecule has 0 saturated carbocycles.